The Morgan fingerprint density at radius 1 is 0.714 bits per heavy atom. The van der Waals surface area contributed by atoms with Crippen LogP contribution in [-0.4, -0.2) is 111 Å². The number of hydrogen-bond acceptors (Lipinski definition) is 11. The molecule has 1 rings (SSSR count). The van der Waals surface area contributed by atoms with E-state index in [9.17, 15) is 54.0 Å². The van der Waals surface area contributed by atoms with Gasteiger partial charge in [0.15, 0.2) is 0 Å². The molecule has 0 aromatic heterocycles. The molecule has 0 bridgehead atoms. The van der Waals surface area contributed by atoms with Crippen LogP contribution in [0, 0.1) is 11.8 Å². The Hall–Kier alpha value is -4.81. The Kier molecular flexibility index (Phi) is 17.1. The number of aromatic hydroxyl groups is 1. The number of phenolic OH excluding ortho intramolecular Hbond substituents is 1. The van der Waals surface area contributed by atoms with Gasteiger partial charge in [0.2, 0.25) is 35.4 Å². The highest BCUT2D eigenvalue weighted by atomic mass is 16.4. The van der Waals surface area contributed by atoms with E-state index in [4.69, 9.17) is 11.5 Å². The van der Waals surface area contributed by atoms with E-state index >= 15 is 0 Å². The molecule has 13 N–H and O–H groups in total. The molecule has 7 atom stereocenters. The fourth-order valence-corrected chi connectivity index (χ4v) is 4.53. The molecule has 1 aromatic rings. The van der Waals surface area contributed by atoms with Crippen molar-refractivity contribution in [3.8, 4) is 5.75 Å². The zero-order chi connectivity index (χ0) is 37.6. The Bertz CT molecular complexity index is 1320. The molecular weight excluding hydrogens is 646 g/mol. The van der Waals surface area contributed by atoms with Crippen LogP contribution >= 0.6 is 0 Å². The van der Waals surface area contributed by atoms with E-state index in [-0.39, 0.29) is 24.5 Å². The number of carboxylic acids is 1. The Morgan fingerprint density at radius 2 is 1.20 bits per heavy atom. The number of nitrogens with one attached hydrogen (secondary N) is 5. The molecular formula is C31H49N7O11. The minimum Gasteiger partial charge on any atom is -0.508 e. The van der Waals surface area contributed by atoms with E-state index in [2.05, 4.69) is 26.6 Å². The second-order valence-electron chi connectivity index (χ2n) is 12.4. The van der Waals surface area contributed by atoms with E-state index < -0.39 is 103 Å². The minimum atomic E-state index is -1.71. The van der Waals surface area contributed by atoms with Gasteiger partial charge in [0.25, 0.3) is 0 Å². The summed E-state index contributed by atoms with van der Waals surface area (Å²) in [5.74, 6) is -7.90. The smallest absolute Gasteiger partial charge is 0.326 e. The first-order valence-electron chi connectivity index (χ1n) is 15.6. The number of rotatable bonds is 20. The topological polar surface area (TPSA) is 313 Å². The lowest BCUT2D eigenvalue weighted by Crippen LogP contribution is -2.62. The van der Waals surface area contributed by atoms with Crippen LogP contribution in [0.3, 0.4) is 0 Å². The molecule has 0 saturated heterocycles. The van der Waals surface area contributed by atoms with Gasteiger partial charge in [0, 0.05) is 0 Å². The second kappa shape index (κ2) is 19.9. The van der Waals surface area contributed by atoms with Crippen LogP contribution in [0.2, 0.25) is 0 Å². The molecule has 18 heteroatoms. The highest BCUT2D eigenvalue weighted by Crippen LogP contribution is 2.12. The van der Waals surface area contributed by atoms with Gasteiger partial charge >= 0.3 is 5.97 Å². The van der Waals surface area contributed by atoms with Crippen molar-refractivity contribution in [2.75, 3.05) is 6.61 Å². The molecule has 0 saturated carbocycles. The van der Waals surface area contributed by atoms with Crippen LogP contribution in [0.5, 0.6) is 5.75 Å². The third-order valence-corrected chi connectivity index (χ3v) is 7.22. The van der Waals surface area contributed by atoms with Gasteiger partial charge in [-0.05, 0) is 49.3 Å². The molecule has 0 spiro atoms. The number of hydrogen-bond donors (Lipinski definition) is 11. The van der Waals surface area contributed by atoms with Crippen LogP contribution in [0.25, 0.3) is 0 Å². The van der Waals surface area contributed by atoms with Crippen LogP contribution in [0.15, 0.2) is 24.3 Å². The van der Waals surface area contributed by atoms with Gasteiger partial charge in [-0.15, -0.1) is 0 Å². The van der Waals surface area contributed by atoms with Gasteiger partial charge in [-0.2, -0.15) is 0 Å². The summed E-state index contributed by atoms with van der Waals surface area (Å²) in [5, 5.41) is 50.3. The van der Waals surface area contributed by atoms with Crippen LogP contribution in [0.1, 0.15) is 53.0 Å². The summed E-state index contributed by atoms with van der Waals surface area (Å²) in [6.45, 7) is 6.74. The number of aliphatic hydroxyl groups is 2. The maximum atomic E-state index is 13.4. The average Bonchev–Trinajstić information content (AvgIpc) is 3.00. The van der Waals surface area contributed by atoms with Gasteiger partial charge in [-0.1, -0.05) is 39.8 Å². The van der Waals surface area contributed by atoms with E-state index in [1.807, 2.05) is 0 Å². The normalized spacial score (nSPS) is 15.5. The number of nitrogens with two attached hydrogens (primary N) is 2. The van der Waals surface area contributed by atoms with Gasteiger partial charge in [-0.3, -0.25) is 28.8 Å². The largest absolute Gasteiger partial charge is 0.508 e. The summed E-state index contributed by atoms with van der Waals surface area (Å²) in [7, 11) is 0. The second-order valence-corrected chi connectivity index (χ2v) is 12.4. The number of aliphatic hydroxyl groups excluding tert-OH is 2. The third-order valence-electron chi connectivity index (χ3n) is 7.22. The van der Waals surface area contributed by atoms with Crippen molar-refractivity contribution < 1.29 is 54.0 Å². The van der Waals surface area contributed by atoms with Crippen molar-refractivity contribution in [3.05, 3.63) is 29.8 Å². The number of carbonyl (C=O) groups excluding carboxylic acids is 6. The van der Waals surface area contributed by atoms with Crippen molar-refractivity contribution >= 4 is 41.4 Å². The van der Waals surface area contributed by atoms with Crippen LogP contribution < -0.4 is 38.1 Å². The highest BCUT2D eigenvalue weighted by molar-refractivity contribution is 5.97. The molecule has 1 aromatic carbocycles. The SMILES string of the molecule is CC(C)CC(NC(=O)C(CC(N)=O)NC(=O)C(N)Cc1ccc(O)cc1)C(=O)NC(C(=O)NC(CO)C(=O)NC(C(=O)O)C(C)C)C(C)O. The number of primary amides is 1. The average molecular weight is 696 g/mol. The highest BCUT2D eigenvalue weighted by Gasteiger charge is 2.35. The Morgan fingerprint density at radius 3 is 1.67 bits per heavy atom. The van der Waals surface area contributed by atoms with Gasteiger partial charge in [0.05, 0.1) is 25.2 Å². The number of aliphatic carboxylic acids is 1. The summed E-state index contributed by atoms with van der Waals surface area (Å²) >= 11 is 0. The molecule has 49 heavy (non-hydrogen) atoms. The standard InChI is InChI=1S/C31H49N7O11/c1-14(2)10-20(35-27(44)21(12-23(33)42)34-26(43)19(32)11-17-6-8-18(41)9-7-17)28(45)38-25(16(5)40)30(47)36-22(13-39)29(46)37-24(15(3)4)31(48)49/h6-9,14-16,19-22,24-25,39-41H,10-13,32H2,1-5H3,(H2,33,42)(H,34,43)(H,35,44)(H,36,47)(H,37,46)(H,38,45)(H,48,49). The summed E-state index contributed by atoms with van der Waals surface area (Å²) in [6.07, 6.45) is -2.19. The Balaban J connectivity index is 3.10. The van der Waals surface area contributed by atoms with E-state index in [0.717, 1.165) is 6.92 Å². The summed E-state index contributed by atoms with van der Waals surface area (Å²) in [4.78, 5) is 88.5. The summed E-state index contributed by atoms with van der Waals surface area (Å²) < 4.78 is 0. The van der Waals surface area contributed by atoms with Crippen molar-refractivity contribution in [2.45, 2.75) is 96.2 Å². The first-order chi connectivity index (χ1) is 22.8. The molecule has 0 aliphatic rings. The monoisotopic (exact) mass is 695 g/mol. The van der Waals surface area contributed by atoms with Crippen molar-refractivity contribution in [1.29, 1.82) is 0 Å². The number of phenols is 1. The lowest BCUT2D eigenvalue weighted by molar-refractivity contribution is -0.144. The fourth-order valence-electron chi connectivity index (χ4n) is 4.53. The number of benzene rings is 1. The lowest BCUT2D eigenvalue weighted by atomic mass is 10.0. The fraction of sp³-hybridized carbons (Fsp3) is 0.581. The summed E-state index contributed by atoms with van der Waals surface area (Å²) in [5.41, 5.74) is 11.9. The quantitative estimate of drug-likeness (QED) is 0.0640. The molecule has 0 heterocycles. The molecule has 0 aliphatic carbocycles. The maximum absolute atomic E-state index is 13.4. The number of amides is 6. The van der Waals surface area contributed by atoms with Gasteiger partial charge in [-0.25, -0.2) is 4.79 Å². The van der Waals surface area contributed by atoms with Crippen molar-refractivity contribution in [3.63, 3.8) is 0 Å². The molecule has 274 valence electrons. The minimum absolute atomic E-state index is 0.00320. The van der Waals surface area contributed by atoms with Crippen molar-refractivity contribution in [1.82, 2.24) is 26.6 Å². The molecule has 0 radical (unpaired) electrons. The first-order valence-corrected chi connectivity index (χ1v) is 15.6. The van der Waals surface area contributed by atoms with E-state index in [0.29, 0.717) is 5.56 Å². The Labute approximate surface area is 283 Å². The summed E-state index contributed by atoms with van der Waals surface area (Å²) in [6, 6.07) is -2.85. The molecule has 7 unspecified atom stereocenters. The zero-order valence-corrected chi connectivity index (χ0v) is 28.1. The lowest BCUT2D eigenvalue weighted by Gasteiger charge is -2.28. The van der Waals surface area contributed by atoms with Crippen LogP contribution in [0.4, 0.5) is 0 Å². The third kappa shape index (κ3) is 14.5. The maximum Gasteiger partial charge on any atom is 0.326 e. The molecule has 6 amide bonds. The molecule has 0 fully saturated rings. The van der Waals surface area contributed by atoms with Gasteiger partial charge < -0.3 is 58.5 Å². The predicted molar refractivity (Wildman–Crippen MR) is 174 cm³/mol. The van der Waals surface area contributed by atoms with E-state index in [1.165, 1.54) is 26.0 Å². The van der Waals surface area contributed by atoms with Crippen molar-refractivity contribution in [2.24, 2.45) is 23.3 Å². The van der Waals surface area contributed by atoms with Gasteiger partial charge in [0.1, 0.15) is 36.0 Å². The van der Waals surface area contributed by atoms with E-state index in [1.54, 1.807) is 26.0 Å². The predicted octanol–water partition coefficient (Wildman–Crippen LogP) is -3.28. The number of carboxylic acid groups (broad SMARTS) is 1. The van der Waals surface area contributed by atoms with Crippen LogP contribution in [-0.2, 0) is 40.0 Å². The number of carbonyl (C=O) groups is 7. The zero-order valence-electron chi connectivity index (χ0n) is 28.1. The molecule has 18 nitrogen and oxygen atoms in total. The molecule has 0 aliphatic heterocycles. The first kappa shape index (κ1) is 42.2.